The Balaban J connectivity index is 1.69. The van der Waals surface area contributed by atoms with Gasteiger partial charge in [0.2, 0.25) is 0 Å². The van der Waals surface area contributed by atoms with E-state index in [9.17, 15) is 4.79 Å². The minimum absolute atomic E-state index is 0.0237. The standard InChI is InChI=1S/C14H17IN2O2/c15-10-6-2-1-4-8(10)14(18)17-12-11(16)9-5-3-7-19-13(9)12/h1-2,4,6,9,11-13H,3,5,7,16H2,(H,17,18). The highest BCUT2D eigenvalue weighted by atomic mass is 127. The van der Waals surface area contributed by atoms with Crippen LogP contribution in [-0.4, -0.2) is 30.7 Å². The van der Waals surface area contributed by atoms with Crippen LogP contribution in [-0.2, 0) is 4.74 Å². The molecule has 4 atom stereocenters. The summed E-state index contributed by atoms with van der Waals surface area (Å²) in [5.41, 5.74) is 6.85. The summed E-state index contributed by atoms with van der Waals surface area (Å²) in [7, 11) is 0. The Hall–Kier alpha value is -0.660. The average Bonchev–Trinajstić information content (AvgIpc) is 2.44. The molecule has 1 aliphatic carbocycles. The largest absolute Gasteiger partial charge is 0.376 e. The molecular formula is C14H17IN2O2. The fourth-order valence-electron chi connectivity index (χ4n) is 3.00. The van der Waals surface area contributed by atoms with Gasteiger partial charge < -0.3 is 15.8 Å². The zero-order valence-electron chi connectivity index (χ0n) is 10.5. The summed E-state index contributed by atoms with van der Waals surface area (Å²) < 4.78 is 6.68. The lowest BCUT2D eigenvalue weighted by Crippen LogP contribution is -2.72. The molecule has 4 unspecified atom stereocenters. The van der Waals surface area contributed by atoms with Gasteiger partial charge in [-0.2, -0.15) is 0 Å². The quantitative estimate of drug-likeness (QED) is 0.774. The molecule has 2 fully saturated rings. The van der Waals surface area contributed by atoms with Crippen LogP contribution >= 0.6 is 22.6 Å². The van der Waals surface area contributed by atoms with Crippen molar-refractivity contribution in [2.75, 3.05) is 6.61 Å². The number of rotatable bonds is 2. The van der Waals surface area contributed by atoms with E-state index in [2.05, 4.69) is 27.9 Å². The van der Waals surface area contributed by atoms with Crippen molar-refractivity contribution in [2.24, 2.45) is 11.7 Å². The summed E-state index contributed by atoms with van der Waals surface area (Å²) in [5.74, 6) is 0.354. The molecule has 19 heavy (non-hydrogen) atoms. The molecule has 3 N–H and O–H groups in total. The van der Waals surface area contributed by atoms with Crippen molar-refractivity contribution in [3.8, 4) is 0 Å². The first kappa shape index (κ1) is 13.3. The van der Waals surface area contributed by atoms with Gasteiger partial charge in [0, 0.05) is 22.1 Å². The third-order valence-electron chi connectivity index (χ3n) is 4.09. The minimum Gasteiger partial charge on any atom is -0.376 e. The fourth-order valence-corrected chi connectivity index (χ4v) is 3.63. The molecule has 4 nitrogen and oxygen atoms in total. The smallest absolute Gasteiger partial charge is 0.252 e. The van der Waals surface area contributed by atoms with Crippen LogP contribution in [0, 0.1) is 9.49 Å². The molecule has 102 valence electrons. The molecule has 1 saturated carbocycles. The highest BCUT2D eigenvalue weighted by molar-refractivity contribution is 14.1. The van der Waals surface area contributed by atoms with E-state index in [1.54, 1.807) is 0 Å². The Morgan fingerprint density at radius 3 is 3.00 bits per heavy atom. The number of halogens is 1. The first-order valence-corrected chi connectivity index (χ1v) is 7.69. The van der Waals surface area contributed by atoms with E-state index in [4.69, 9.17) is 10.5 Å². The van der Waals surface area contributed by atoms with Gasteiger partial charge in [-0.15, -0.1) is 0 Å². The second kappa shape index (κ2) is 5.38. The monoisotopic (exact) mass is 372 g/mol. The number of hydrogen-bond donors (Lipinski definition) is 2. The molecule has 3 rings (SSSR count). The van der Waals surface area contributed by atoms with Crippen molar-refractivity contribution >= 4 is 28.5 Å². The topological polar surface area (TPSA) is 64.3 Å². The molecule has 0 spiro atoms. The van der Waals surface area contributed by atoms with Gasteiger partial charge in [-0.25, -0.2) is 0 Å². The van der Waals surface area contributed by atoms with Crippen LogP contribution in [0.5, 0.6) is 0 Å². The van der Waals surface area contributed by atoms with E-state index < -0.39 is 0 Å². The summed E-state index contributed by atoms with van der Waals surface area (Å²) in [6, 6.07) is 7.53. The summed E-state index contributed by atoms with van der Waals surface area (Å²) >= 11 is 2.17. The maximum absolute atomic E-state index is 12.3. The number of nitrogens with one attached hydrogen (secondary N) is 1. The maximum Gasteiger partial charge on any atom is 0.252 e. The van der Waals surface area contributed by atoms with E-state index in [0.717, 1.165) is 23.0 Å². The fraction of sp³-hybridized carbons (Fsp3) is 0.500. The summed E-state index contributed by atoms with van der Waals surface area (Å²) in [6.07, 6.45) is 2.29. The van der Waals surface area contributed by atoms with E-state index in [1.165, 1.54) is 0 Å². The molecule has 1 aromatic carbocycles. The predicted octanol–water partition coefficient (Wildman–Crippen LogP) is 1.53. The first-order valence-electron chi connectivity index (χ1n) is 6.61. The zero-order chi connectivity index (χ0) is 13.4. The Morgan fingerprint density at radius 1 is 1.42 bits per heavy atom. The molecule has 2 aliphatic rings. The molecule has 1 aliphatic heterocycles. The van der Waals surface area contributed by atoms with Crippen molar-refractivity contribution in [3.05, 3.63) is 33.4 Å². The highest BCUT2D eigenvalue weighted by Crippen LogP contribution is 2.37. The molecule has 0 bridgehead atoms. The van der Waals surface area contributed by atoms with Crippen LogP contribution in [0.2, 0.25) is 0 Å². The van der Waals surface area contributed by atoms with E-state index in [1.807, 2.05) is 24.3 Å². The summed E-state index contributed by atoms with van der Waals surface area (Å²) in [5, 5.41) is 3.03. The first-order chi connectivity index (χ1) is 9.18. The lowest BCUT2D eigenvalue weighted by molar-refractivity contribution is -0.117. The van der Waals surface area contributed by atoms with Crippen molar-refractivity contribution in [2.45, 2.75) is 31.0 Å². The number of carbonyl (C=O) groups is 1. The zero-order valence-corrected chi connectivity index (χ0v) is 12.7. The number of ether oxygens (including phenoxy) is 1. The molecule has 0 radical (unpaired) electrons. The molecule has 0 aromatic heterocycles. The number of nitrogens with two attached hydrogens (primary N) is 1. The lowest BCUT2D eigenvalue weighted by Gasteiger charge is -2.52. The van der Waals surface area contributed by atoms with Crippen LogP contribution in [0.3, 0.4) is 0 Å². The molecule has 1 amide bonds. The van der Waals surface area contributed by atoms with Crippen molar-refractivity contribution in [1.29, 1.82) is 0 Å². The number of amides is 1. The maximum atomic E-state index is 12.3. The van der Waals surface area contributed by atoms with Crippen LogP contribution in [0.1, 0.15) is 23.2 Å². The van der Waals surface area contributed by atoms with E-state index in [0.29, 0.717) is 11.5 Å². The Morgan fingerprint density at radius 2 is 2.21 bits per heavy atom. The van der Waals surface area contributed by atoms with E-state index in [-0.39, 0.29) is 24.1 Å². The van der Waals surface area contributed by atoms with Crippen LogP contribution in [0.4, 0.5) is 0 Å². The van der Waals surface area contributed by atoms with Gasteiger partial charge in [0.25, 0.3) is 5.91 Å². The Bertz CT molecular complexity index is 494. The average molecular weight is 372 g/mol. The third-order valence-corrected chi connectivity index (χ3v) is 5.03. The van der Waals surface area contributed by atoms with Crippen molar-refractivity contribution < 1.29 is 9.53 Å². The van der Waals surface area contributed by atoms with Gasteiger partial charge in [0.05, 0.1) is 17.7 Å². The molecular weight excluding hydrogens is 355 g/mol. The third kappa shape index (κ3) is 2.39. The number of fused-ring (bicyclic) bond motifs is 1. The van der Waals surface area contributed by atoms with Gasteiger partial charge in [-0.05, 0) is 47.6 Å². The molecule has 1 aromatic rings. The number of benzene rings is 1. The summed E-state index contributed by atoms with van der Waals surface area (Å²) in [6.45, 7) is 0.781. The molecule has 1 heterocycles. The Kier molecular flexibility index (Phi) is 3.77. The van der Waals surface area contributed by atoms with E-state index >= 15 is 0 Å². The minimum atomic E-state index is -0.0573. The number of hydrogen-bond acceptors (Lipinski definition) is 3. The normalized spacial score (nSPS) is 33.2. The van der Waals surface area contributed by atoms with Gasteiger partial charge in [0.1, 0.15) is 0 Å². The molecule has 5 heteroatoms. The van der Waals surface area contributed by atoms with Crippen LogP contribution in [0.25, 0.3) is 0 Å². The van der Waals surface area contributed by atoms with Gasteiger partial charge in [-0.1, -0.05) is 12.1 Å². The SMILES string of the molecule is NC1C2CCCOC2C1NC(=O)c1ccccc1I. The van der Waals surface area contributed by atoms with Crippen molar-refractivity contribution in [3.63, 3.8) is 0 Å². The second-order valence-corrected chi connectivity index (χ2v) is 6.36. The lowest BCUT2D eigenvalue weighted by atomic mass is 9.68. The van der Waals surface area contributed by atoms with Gasteiger partial charge in [-0.3, -0.25) is 4.79 Å². The molecule has 1 saturated heterocycles. The number of carbonyl (C=O) groups excluding carboxylic acids is 1. The second-order valence-electron chi connectivity index (χ2n) is 5.20. The van der Waals surface area contributed by atoms with Crippen molar-refractivity contribution in [1.82, 2.24) is 5.32 Å². The van der Waals surface area contributed by atoms with Gasteiger partial charge in [0.15, 0.2) is 0 Å². The van der Waals surface area contributed by atoms with Crippen LogP contribution in [0.15, 0.2) is 24.3 Å². The summed E-state index contributed by atoms with van der Waals surface area (Å²) in [4.78, 5) is 12.3. The Labute approximate surface area is 126 Å². The highest BCUT2D eigenvalue weighted by Gasteiger charge is 2.51. The van der Waals surface area contributed by atoms with Crippen LogP contribution < -0.4 is 11.1 Å². The predicted molar refractivity (Wildman–Crippen MR) is 80.9 cm³/mol. The van der Waals surface area contributed by atoms with Gasteiger partial charge >= 0.3 is 0 Å².